The molecule has 0 bridgehead atoms. The molecule has 0 aliphatic carbocycles. The summed E-state index contributed by atoms with van der Waals surface area (Å²) in [4.78, 5) is 27.0. The number of hydrogen-bond donors (Lipinski definition) is 0. The minimum atomic E-state index is -3.96. The molecule has 0 aromatic heterocycles. The van der Waals surface area contributed by atoms with Crippen molar-refractivity contribution >= 4 is 18.2 Å². The van der Waals surface area contributed by atoms with Gasteiger partial charge < -0.3 is 4.57 Å². The van der Waals surface area contributed by atoms with Gasteiger partial charge in [-0.1, -0.05) is 48.4 Å². The molecular formula is C24H29O3P. The summed E-state index contributed by atoms with van der Waals surface area (Å²) in [6, 6.07) is 7.56. The van der Waals surface area contributed by atoms with Gasteiger partial charge in [-0.3, -0.25) is 9.59 Å². The van der Waals surface area contributed by atoms with Crippen molar-refractivity contribution in [1.29, 1.82) is 0 Å². The van der Waals surface area contributed by atoms with Crippen LogP contribution in [0.1, 0.15) is 67.4 Å². The van der Waals surface area contributed by atoms with Crippen molar-refractivity contribution in [3.63, 3.8) is 0 Å². The Morgan fingerprint density at radius 3 is 1.36 bits per heavy atom. The van der Waals surface area contributed by atoms with Crippen LogP contribution in [0.2, 0.25) is 0 Å². The van der Waals surface area contributed by atoms with Gasteiger partial charge in [-0.25, -0.2) is 0 Å². The maximum Gasteiger partial charge on any atom is 0.241 e. The normalized spacial score (nSPS) is 11.8. The van der Waals surface area contributed by atoms with Gasteiger partial charge in [0.1, 0.15) is 0 Å². The van der Waals surface area contributed by atoms with Crippen LogP contribution >= 0.6 is 7.14 Å². The van der Waals surface area contributed by atoms with E-state index in [1.807, 2.05) is 72.7 Å². The van der Waals surface area contributed by atoms with E-state index >= 15 is 0 Å². The van der Waals surface area contributed by atoms with Gasteiger partial charge in [0.2, 0.25) is 18.2 Å². The van der Waals surface area contributed by atoms with E-state index in [0.717, 1.165) is 33.4 Å². The number of carbonyl (C=O) groups is 2. The standard InChI is InChI=1S/C24H29O3P/c1-8-9-10-28(27,23(25)21-17(4)11-15(2)12-18(21)5)24(26)22-19(6)13-16(3)14-20(22)7/h9-14H,8H2,1-7H3. The average molecular weight is 396 g/mol. The maximum absolute atomic E-state index is 14.0. The van der Waals surface area contributed by atoms with Crippen molar-refractivity contribution in [3.8, 4) is 0 Å². The molecule has 0 aliphatic heterocycles. The Bertz CT molecular complexity index is 909. The summed E-state index contributed by atoms with van der Waals surface area (Å²) >= 11 is 0. The Labute approximate surface area is 168 Å². The Kier molecular flexibility index (Phi) is 6.62. The molecule has 0 saturated heterocycles. The Balaban J connectivity index is 2.73. The number of carbonyl (C=O) groups excluding carboxylic acids is 2. The van der Waals surface area contributed by atoms with Crippen LogP contribution in [-0.2, 0) is 4.57 Å². The summed E-state index contributed by atoms with van der Waals surface area (Å²) in [5.41, 5.74) is 4.69. The summed E-state index contributed by atoms with van der Waals surface area (Å²) in [5, 5.41) is 0. The fourth-order valence-corrected chi connectivity index (χ4v) is 6.18. The number of rotatable bonds is 6. The van der Waals surface area contributed by atoms with Crippen LogP contribution < -0.4 is 0 Å². The first-order valence-corrected chi connectivity index (χ1v) is 11.3. The molecule has 148 valence electrons. The molecule has 0 amide bonds. The summed E-state index contributed by atoms with van der Waals surface area (Å²) < 4.78 is 14.0. The van der Waals surface area contributed by atoms with Gasteiger partial charge in [0, 0.05) is 11.1 Å². The van der Waals surface area contributed by atoms with Gasteiger partial charge in [-0.05, 0) is 76.0 Å². The SMILES string of the molecule is CCC=CP(=O)(C(=O)c1c(C)cc(C)cc1C)C(=O)c1c(C)cc(C)cc1C. The first-order chi connectivity index (χ1) is 13.0. The fourth-order valence-electron chi connectivity index (χ4n) is 3.85. The molecule has 28 heavy (non-hydrogen) atoms. The minimum absolute atomic E-state index is 0.394. The molecule has 0 aliphatic rings. The number of hydrogen-bond acceptors (Lipinski definition) is 3. The molecule has 3 nitrogen and oxygen atoms in total. The molecule has 0 radical (unpaired) electrons. The van der Waals surface area contributed by atoms with Gasteiger partial charge in [0.25, 0.3) is 0 Å². The lowest BCUT2D eigenvalue weighted by atomic mass is 10.0. The van der Waals surface area contributed by atoms with Crippen molar-refractivity contribution in [2.75, 3.05) is 0 Å². The highest BCUT2D eigenvalue weighted by Crippen LogP contribution is 2.55. The van der Waals surface area contributed by atoms with Crippen molar-refractivity contribution in [2.45, 2.75) is 54.9 Å². The lowest BCUT2D eigenvalue weighted by Crippen LogP contribution is -2.14. The van der Waals surface area contributed by atoms with E-state index in [4.69, 9.17) is 0 Å². The predicted octanol–water partition coefficient (Wildman–Crippen LogP) is 6.80. The molecule has 0 saturated carbocycles. The predicted molar refractivity (Wildman–Crippen MR) is 117 cm³/mol. The van der Waals surface area contributed by atoms with Crippen molar-refractivity contribution in [3.05, 3.63) is 80.7 Å². The van der Waals surface area contributed by atoms with Crippen LogP contribution in [0.5, 0.6) is 0 Å². The van der Waals surface area contributed by atoms with E-state index in [9.17, 15) is 14.2 Å². The molecule has 2 aromatic carbocycles. The third-order valence-corrected chi connectivity index (χ3v) is 7.22. The molecule has 2 rings (SSSR count). The highest BCUT2D eigenvalue weighted by molar-refractivity contribution is 7.97. The minimum Gasteiger partial charge on any atom is -0.302 e. The zero-order valence-corrected chi connectivity index (χ0v) is 18.7. The lowest BCUT2D eigenvalue weighted by molar-refractivity contribution is 0.103. The summed E-state index contributed by atoms with van der Waals surface area (Å²) in [6.07, 6.45) is 2.26. The van der Waals surface area contributed by atoms with Gasteiger partial charge in [-0.15, -0.1) is 0 Å². The second-order valence-electron chi connectivity index (χ2n) is 7.61. The van der Waals surface area contributed by atoms with Gasteiger partial charge in [0.05, 0.1) is 0 Å². The van der Waals surface area contributed by atoms with Gasteiger partial charge >= 0.3 is 0 Å². The smallest absolute Gasteiger partial charge is 0.241 e. The molecule has 0 spiro atoms. The number of allylic oxidation sites excluding steroid dienone is 1. The molecule has 0 fully saturated rings. The first-order valence-electron chi connectivity index (χ1n) is 9.55. The van der Waals surface area contributed by atoms with Crippen LogP contribution in [0, 0.1) is 41.5 Å². The quantitative estimate of drug-likeness (QED) is 0.504. The molecule has 0 N–H and O–H groups in total. The zero-order chi connectivity index (χ0) is 21.2. The van der Waals surface area contributed by atoms with E-state index < -0.39 is 18.2 Å². The van der Waals surface area contributed by atoms with Crippen LogP contribution in [0.3, 0.4) is 0 Å². The molecular weight excluding hydrogens is 367 g/mol. The highest BCUT2D eigenvalue weighted by Gasteiger charge is 2.40. The summed E-state index contributed by atoms with van der Waals surface area (Å²) in [5.74, 6) is 1.36. The first kappa shape index (κ1) is 22.0. The average Bonchev–Trinajstić information content (AvgIpc) is 2.57. The van der Waals surface area contributed by atoms with Crippen LogP contribution in [0.25, 0.3) is 0 Å². The molecule has 4 heteroatoms. The van der Waals surface area contributed by atoms with E-state index in [2.05, 4.69) is 0 Å². The van der Waals surface area contributed by atoms with E-state index in [0.29, 0.717) is 17.5 Å². The molecule has 0 unspecified atom stereocenters. The van der Waals surface area contributed by atoms with Gasteiger partial charge in [0.15, 0.2) is 0 Å². The summed E-state index contributed by atoms with van der Waals surface area (Å²) in [7, 11) is -3.96. The second kappa shape index (κ2) is 8.41. The number of benzene rings is 2. The van der Waals surface area contributed by atoms with E-state index in [1.165, 1.54) is 5.82 Å². The van der Waals surface area contributed by atoms with E-state index in [-0.39, 0.29) is 0 Å². The highest BCUT2D eigenvalue weighted by atomic mass is 31.2. The third kappa shape index (κ3) is 4.10. The fraction of sp³-hybridized carbons (Fsp3) is 0.333. The van der Waals surface area contributed by atoms with Crippen molar-refractivity contribution in [2.24, 2.45) is 0 Å². The van der Waals surface area contributed by atoms with Crippen LogP contribution in [-0.4, -0.2) is 11.0 Å². The van der Waals surface area contributed by atoms with Crippen LogP contribution in [0.4, 0.5) is 0 Å². The molecule has 0 atom stereocenters. The topological polar surface area (TPSA) is 51.2 Å². The monoisotopic (exact) mass is 396 g/mol. The second-order valence-corrected chi connectivity index (χ2v) is 10.0. The largest absolute Gasteiger partial charge is 0.302 e. The van der Waals surface area contributed by atoms with Crippen molar-refractivity contribution in [1.82, 2.24) is 0 Å². The van der Waals surface area contributed by atoms with Crippen LogP contribution in [0.15, 0.2) is 36.2 Å². The van der Waals surface area contributed by atoms with Crippen molar-refractivity contribution < 1.29 is 14.2 Å². The maximum atomic E-state index is 14.0. The van der Waals surface area contributed by atoms with E-state index in [1.54, 1.807) is 6.08 Å². The third-order valence-electron chi connectivity index (χ3n) is 4.94. The Hall–Kier alpha value is -2.25. The molecule has 2 aromatic rings. The van der Waals surface area contributed by atoms with Gasteiger partial charge in [-0.2, -0.15) is 0 Å². The Morgan fingerprint density at radius 2 is 1.07 bits per heavy atom. The lowest BCUT2D eigenvalue weighted by Gasteiger charge is -2.18. The zero-order valence-electron chi connectivity index (χ0n) is 17.8. The summed E-state index contributed by atoms with van der Waals surface area (Å²) in [6.45, 7) is 13.1. The molecule has 0 heterocycles. The number of aryl methyl sites for hydroxylation is 6. The Morgan fingerprint density at radius 1 is 0.750 bits per heavy atom.